The van der Waals surface area contributed by atoms with Crippen LogP contribution in [-0.4, -0.2) is 32.1 Å². The lowest BCUT2D eigenvalue weighted by Crippen LogP contribution is -2.36. The van der Waals surface area contributed by atoms with Crippen molar-refractivity contribution in [3.8, 4) is 0 Å². The Kier molecular flexibility index (Phi) is 4.65. The lowest BCUT2D eigenvalue weighted by molar-refractivity contribution is 0.104. The van der Waals surface area contributed by atoms with Gasteiger partial charge < -0.3 is 9.64 Å². The van der Waals surface area contributed by atoms with Gasteiger partial charge in [-0.15, -0.1) is 0 Å². The van der Waals surface area contributed by atoms with Crippen LogP contribution in [0.4, 0.5) is 10.1 Å². The maximum absolute atomic E-state index is 14.3. The Labute approximate surface area is 132 Å². The number of benzene rings is 1. The minimum Gasteiger partial charge on any atom is -0.378 e. The third-order valence-electron chi connectivity index (χ3n) is 3.55. The molecule has 0 radical (unpaired) electrons. The topological polar surface area (TPSA) is 29.5 Å². The lowest BCUT2D eigenvalue weighted by Gasteiger charge is -2.29. The predicted molar refractivity (Wildman–Crippen MR) is 87.1 cm³/mol. The molecule has 22 heavy (non-hydrogen) atoms. The molecule has 2 aromatic rings. The number of halogens is 1. The Morgan fingerprint density at radius 2 is 2.09 bits per heavy atom. The van der Waals surface area contributed by atoms with E-state index in [9.17, 15) is 9.18 Å². The molecule has 0 N–H and O–H groups in total. The highest BCUT2D eigenvalue weighted by molar-refractivity contribution is 7.08. The number of hydrogen-bond acceptors (Lipinski definition) is 4. The molecule has 1 fully saturated rings. The Balaban J connectivity index is 1.74. The summed E-state index contributed by atoms with van der Waals surface area (Å²) >= 11 is 1.57. The van der Waals surface area contributed by atoms with E-state index in [1.54, 1.807) is 29.5 Å². The summed E-state index contributed by atoms with van der Waals surface area (Å²) in [5.41, 5.74) is 1.87. The second kappa shape index (κ2) is 6.85. The van der Waals surface area contributed by atoms with Gasteiger partial charge in [-0.1, -0.05) is 6.08 Å². The molecule has 0 aliphatic carbocycles. The number of ketones is 1. The van der Waals surface area contributed by atoms with Gasteiger partial charge in [-0.3, -0.25) is 4.79 Å². The predicted octanol–water partition coefficient (Wildman–Crippen LogP) is 3.62. The van der Waals surface area contributed by atoms with Gasteiger partial charge in [0, 0.05) is 18.7 Å². The first kappa shape index (κ1) is 14.9. The summed E-state index contributed by atoms with van der Waals surface area (Å²) in [6, 6.07) is 6.59. The fourth-order valence-corrected chi connectivity index (χ4v) is 2.99. The van der Waals surface area contributed by atoms with Crippen molar-refractivity contribution < 1.29 is 13.9 Å². The van der Waals surface area contributed by atoms with Crippen molar-refractivity contribution in [2.75, 3.05) is 31.2 Å². The third-order valence-corrected chi connectivity index (χ3v) is 4.26. The van der Waals surface area contributed by atoms with Crippen LogP contribution in [0.2, 0.25) is 0 Å². The van der Waals surface area contributed by atoms with E-state index in [4.69, 9.17) is 4.74 Å². The minimum atomic E-state index is -0.364. The molecule has 0 amide bonds. The maximum atomic E-state index is 14.3. The number of carbonyl (C=O) groups is 1. The maximum Gasteiger partial charge on any atom is 0.185 e. The van der Waals surface area contributed by atoms with Crippen molar-refractivity contribution in [2.45, 2.75) is 0 Å². The van der Waals surface area contributed by atoms with Crippen LogP contribution < -0.4 is 4.90 Å². The number of ether oxygens (including phenoxy) is 1. The first-order valence-electron chi connectivity index (χ1n) is 7.11. The molecule has 3 nitrogen and oxygen atoms in total. The average Bonchev–Trinajstić information content (AvgIpc) is 3.07. The van der Waals surface area contributed by atoms with Crippen LogP contribution in [0.5, 0.6) is 0 Å². The zero-order chi connectivity index (χ0) is 15.4. The fraction of sp³-hybridized carbons (Fsp3) is 0.235. The molecule has 2 heterocycles. The summed E-state index contributed by atoms with van der Waals surface area (Å²) in [5.74, 6) is -0.560. The summed E-state index contributed by atoms with van der Waals surface area (Å²) in [7, 11) is 0. The van der Waals surface area contributed by atoms with Crippen LogP contribution in [0.15, 0.2) is 41.1 Å². The van der Waals surface area contributed by atoms with Gasteiger partial charge in [0.05, 0.1) is 18.9 Å². The van der Waals surface area contributed by atoms with Gasteiger partial charge in [0.2, 0.25) is 0 Å². The number of nitrogens with zero attached hydrogens (tertiary/aromatic N) is 1. The van der Waals surface area contributed by atoms with Crippen molar-refractivity contribution in [2.24, 2.45) is 0 Å². The van der Waals surface area contributed by atoms with Crippen LogP contribution in [0.1, 0.15) is 15.9 Å². The van der Waals surface area contributed by atoms with Gasteiger partial charge >= 0.3 is 0 Å². The summed E-state index contributed by atoms with van der Waals surface area (Å²) in [6.45, 7) is 2.54. The molecule has 1 aromatic carbocycles. The highest BCUT2D eigenvalue weighted by Gasteiger charge is 2.16. The second-order valence-electron chi connectivity index (χ2n) is 5.02. The van der Waals surface area contributed by atoms with E-state index >= 15 is 0 Å². The molecule has 0 unspecified atom stereocenters. The fourth-order valence-electron chi connectivity index (χ4n) is 2.36. The van der Waals surface area contributed by atoms with Crippen molar-refractivity contribution in [3.05, 3.63) is 58.0 Å². The quantitative estimate of drug-likeness (QED) is 0.637. The molecule has 1 aliphatic heterocycles. The lowest BCUT2D eigenvalue weighted by atomic mass is 10.1. The Morgan fingerprint density at radius 1 is 1.27 bits per heavy atom. The van der Waals surface area contributed by atoms with E-state index < -0.39 is 0 Å². The van der Waals surface area contributed by atoms with Crippen molar-refractivity contribution in [1.82, 2.24) is 0 Å². The summed E-state index contributed by atoms with van der Waals surface area (Å²) in [4.78, 5) is 14.0. The third kappa shape index (κ3) is 3.43. The molecule has 1 saturated heterocycles. The van der Waals surface area contributed by atoms with Crippen molar-refractivity contribution >= 4 is 28.9 Å². The first-order chi connectivity index (χ1) is 10.7. The number of morpholine rings is 1. The molecule has 3 rings (SSSR count). The van der Waals surface area contributed by atoms with Crippen LogP contribution in [0, 0.1) is 5.82 Å². The monoisotopic (exact) mass is 317 g/mol. The van der Waals surface area contributed by atoms with E-state index in [1.165, 1.54) is 12.1 Å². The van der Waals surface area contributed by atoms with Crippen LogP contribution in [0.3, 0.4) is 0 Å². The molecule has 0 bridgehead atoms. The molecule has 0 spiro atoms. The highest BCUT2D eigenvalue weighted by Crippen LogP contribution is 2.22. The first-order valence-corrected chi connectivity index (χ1v) is 8.05. The Bertz CT molecular complexity index is 676. The molecular weight excluding hydrogens is 301 g/mol. The van der Waals surface area contributed by atoms with Gasteiger partial charge in [-0.25, -0.2) is 4.39 Å². The second-order valence-corrected chi connectivity index (χ2v) is 5.80. The van der Waals surface area contributed by atoms with Crippen LogP contribution >= 0.6 is 11.3 Å². The number of allylic oxidation sites excluding steroid dienone is 1. The van der Waals surface area contributed by atoms with E-state index in [-0.39, 0.29) is 11.6 Å². The number of rotatable bonds is 4. The standard InChI is InChI=1S/C17H16FNO2S/c18-15-11-14(17(20)4-1-13-5-10-22-12-13)2-3-16(15)19-6-8-21-9-7-19/h1-5,10-12H,6-9H2/b4-1+. The summed E-state index contributed by atoms with van der Waals surface area (Å²) in [6.07, 6.45) is 3.22. The molecule has 0 saturated carbocycles. The number of hydrogen-bond donors (Lipinski definition) is 0. The van der Waals surface area contributed by atoms with Gasteiger partial charge in [0.1, 0.15) is 5.82 Å². The van der Waals surface area contributed by atoms with Gasteiger partial charge in [0.25, 0.3) is 0 Å². The Hall–Kier alpha value is -1.98. The SMILES string of the molecule is O=C(/C=C/c1ccsc1)c1ccc(N2CCOCC2)c(F)c1. The molecule has 5 heteroatoms. The summed E-state index contributed by atoms with van der Waals surface area (Å²) < 4.78 is 19.5. The zero-order valence-corrected chi connectivity index (χ0v) is 12.8. The van der Waals surface area contributed by atoms with Gasteiger partial charge in [-0.2, -0.15) is 11.3 Å². The van der Waals surface area contributed by atoms with E-state index in [0.717, 1.165) is 5.56 Å². The number of anilines is 1. The molecular formula is C17H16FNO2S. The number of thiophene rings is 1. The zero-order valence-electron chi connectivity index (χ0n) is 12.0. The van der Waals surface area contributed by atoms with Crippen molar-refractivity contribution in [3.63, 3.8) is 0 Å². The highest BCUT2D eigenvalue weighted by atomic mass is 32.1. The normalized spacial score (nSPS) is 15.4. The van der Waals surface area contributed by atoms with E-state index in [2.05, 4.69) is 0 Å². The van der Waals surface area contributed by atoms with Crippen LogP contribution in [-0.2, 0) is 4.74 Å². The van der Waals surface area contributed by atoms with Gasteiger partial charge in [-0.05, 0) is 46.7 Å². The largest absolute Gasteiger partial charge is 0.378 e. The summed E-state index contributed by atoms with van der Waals surface area (Å²) in [5, 5.41) is 3.90. The van der Waals surface area contributed by atoms with Gasteiger partial charge in [0.15, 0.2) is 5.78 Å². The molecule has 0 atom stereocenters. The number of carbonyl (C=O) groups excluding carboxylic acids is 1. The van der Waals surface area contributed by atoms with Crippen LogP contribution in [0.25, 0.3) is 6.08 Å². The minimum absolute atomic E-state index is 0.196. The van der Waals surface area contributed by atoms with E-state index in [1.807, 2.05) is 21.7 Å². The Morgan fingerprint density at radius 3 is 2.77 bits per heavy atom. The molecule has 1 aromatic heterocycles. The molecule has 1 aliphatic rings. The average molecular weight is 317 g/mol. The molecule has 114 valence electrons. The smallest absolute Gasteiger partial charge is 0.185 e. The van der Waals surface area contributed by atoms with E-state index in [0.29, 0.717) is 37.6 Å². The van der Waals surface area contributed by atoms with Crippen molar-refractivity contribution in [1.29, 1.82) is 0 Å².